The standard InChI is InChI=1S/C14H13N3O2/c1-3-17-9(2)15-13-12(17)11(14(18)19-16-13)10-7-5-4-6-8-10/h4-8H,3H2,1-2H3. The van der Waals surface area contributed by atoms with Crippen molar-refractivity contribution in [2.45, 2.75) is 20.4 Å². The smallest absolute Gasteiger partial charge is 0.326 e. The van der Waals surface area contributed by atoms with Gasteiger partial charge < -0.3 is 9.09 Å². The summed E-state index contributed by atoms with van der Waals surface area (Å²) in [5, 5.41) is 3.78. The van der Waals surface area contributed by atoms with E-state index in [4.69, 9.17) is 4.52 Å². The Morgan fingerprint density at radius 2 is 2.00 bits per heavy atom. The fourth-order valence-corrected chi connectivity index (χ4v) is 2.33. The van der Waals surface area contributed by atoms with Gasteiger partial charge in [0.15, 0.2) is 0 Å². The van der Waals surface area contributed by atoms with E-state index in [1.54, 1.807) is 0 Å². The van der Waals surface area contributed by atoms with E-state index in [1.165, 1.54) is 0 Å². The second kappa shape index (κ2) is 4.35. The first kappa shape index (κ1) is 11.6. The molecule has 0 amide bonds. The van der Waals surface area contributed by atoms with Crippen molar-refractivity contribution >= 4 is 11.2 Å². The molecule has 0 aliphatic heterocycles. The van der Waals surface area contributed by atoms with Crippen LogP contribution in [-0.2, 0) is 6.54 Å². The van der Waals surface area contributed by atoms with E-state index in [-0.39, 0.29) is 0 Å². The van der Waals surface area contributed by atoms with Gasteiger partial charge in [0.25, 0.3) is 0 Å². The lowest BCUT2D eigenvalue weighted by Gasteiger charge is -2.05. The summed E-state index contributed by atoms with van der Waals surface area (Å²) < 4.78 is 6.83. The molecule has 5 nitrogen and oxygen atoms in total. The van der Waals surface area contributed by atoms with E-state index in [2.05, 4.69) is 10.1 Å². The number of benzene rings is 1. The van der Waals surface area contributed by atoms with Gasteiger partial charge in [-0.05, 0) is 19.4 Å². The molecule has 19 heavy (non-hydrogen) atoms. The lowest BCUT2D eigenvalue weighted by atomic mass is 10.1. The number of hydrogen-bond acceptors (Lipinski definition) is 4. The van der Waals surface area contributed by atoms with E-state index in [0.29, 0.717) is 11.2 Å². The Kier molecular flexibility index (Phi) is 2.67. The maximum absolute atomic E-state index is 12.0. The van der Waals surface area contributed by atoms with Crippen molar-refractivity contribution in [2.75, 3.05) is 0 Å². The maximum Gasteiger partial charge on any atom is 0.368 e. The van der Waals surface area contributed by atoms with Crippen LogP contribution in [-0.4, -0.2) is 14.7 Å². The molecule has 0 aliphatic carbocycles. The zero-order chi connectivity index (χ0) is 13.4. The molecule has 0 spiro atoms. The molecule has 2 heterocycles. The summed E-state index contributed by atoms with van der Waals surface area (Å²) in [7, 11) is 0. The van der Waals surface area contributed by atoms with Crippen LogP contribution in [0.25, 0.3) is 22.3 Å². The second-order valence-corrected chi connectivity index (χ2v) is 4.29. The first-order chi connectivity index (χ1) is 9.22. The predicted octanol–water partition coefficient (Wildman–Crippen LogP) is 2.38. The lowest BCUT2D eigenvalue weighted by molar-refractivity contribution is 0.382. The van der Waals surface area contributed by atoms with Gasteiger partial charge in [0.1, 0.15) is 11.3 Å². The molecule has 0 saturated carbocycles. The molecule has 5 heteroatoms. The summed E-state index contributed by atoms with van der Waals surface area (Å²) in [5.41, 5.74) is 2.11. The fraction of sp³-hybridized carbons (Fsp3) is 0.214. The molecule has 0 saturated heterocycles. The Morgan fingerprint density at radius 1 is 1.26 bits per heavy atom. The van der Waals surface area contributed by atoms with Crippen LogP contribution in [0.3, 0.4) is 0 Å². The molecular formula is C14H13N3O2. The van der Waals surface area contributed by atoms with Crippen molar-refractivity contribution < 1.29 is 4.52 Å². The van der Waals surface area contributed by atoms with Crippen molar-refractivity contribution in [2.24, 2.45) is 0 Å². The molecule has 0 radical (unpaired) electrons. The topological polar surface area (TPSA) is 60.9 Å². The van der Waals surface area contributed by atoms with E-state index in [0.717, 1.165) is 23.4 Å². The van der Waals surface area contributed by atoms with Gasteiger partial charge in [-0.25, -0.2) is 9.78 Å². The summed E-state index contributed by atoms with van der Waals surface area (Å²) in [6, 6.07) is 9.45. The molecular weight excluding hydrogens is 242 g/mol. The van der Waals surface area contributed by atoms with Gasteiger partial charge in [-0.1, -0.05) is 35.5 Å². The highest BCUT2D eigenvalue weighted by molar-refractivity contribution is 5.89. The summed E-state index contributed by atoms with van der Waals surface area (Å²) in [5.74, 6) is 0.822. The number of rotatable bonds is 2. The van der Waals surface area contributed by atoms with E-state index < -0.39 is 5.63 Å². The third kappa shape index (κ3) is 1.74. The van der Waals surface area contributed by atoms with Gasteiger partial charge >= 0.3 is 5.63 Å². The zero-order valence-corrected chi connectivity index (χ0v) is 10.8. The maximum atomic E-state index is 12.0. The number of imidazole rings is 1. The molecule has 3 aromatic rings. The van der Waals surface area contributed by atoms with Crippen molar-refractivity contribution in [3.63, 3.8) is 0 Å². The van der Waals surface area contributed by atoms with Crippen molar-refractivity contribution in [3.8, 4) is 11.1 Å². The SMILES string of the molecule is CCn1c(C)nc2noc(=O)c(-c3ccccc3)c21. The van der Waals surface area contributed by atoms with Crippen molar-refractivity contribution in [1.82, 2.24) is 14.7 Å². The summed E-state index contributed by atoms with van der Waals surface area (Å²) in [6.45, 7) is 4.63. The highest BCUT2D eigenvalue weighted by Gasteiger charge is 2.18. The van der Waals surface area contributed by atoms with Gasteiger partial charge in [0, 0.05) is 6.54 Å². The highest BCUT2D eigenvalue weighted by Crippen LogP contribution is 2.24. The average molecular weight is 255 g/mol. The van der Waals surface area contributed by atoms with E-state index >= 15 is 0 Å². The Balaban J connectivity index is 2.46. The molecule has 0 aliphatic rings. The predicted molar refractivity (Wildman–Crippen MR) is 71.9 cm³/mol. The number of aryl methyl sites for hydroxylation is 2. The fourth-order valence-electron chi connectivity index (χ4n) is 2.33. The summed E-state index contributed by atoms with van der Waals surface area (Å²) in [4.78, 5) is 16.4. The van der Waals surface area contributed by atoms with Crippen molar-refractivity contribution in [3.05, 3.63) is 46.6 Å². The van der Waals surface area contributed by atoms with E-state index in [1.807, 2.05) is 48.7 Å². The van der Waals surface area contributed by atoms with Crippen LogP contribution in [0, 0.1) is 6.92 Å². The average Bonchev–Trinajstić information content (AvgIpc) is 2.75. The Hall–Kier alpha value is -2.43. The minimum atomic E-state index is -0.437. The Bertz CT molecular complexity index is 788. The molecule has 0 atom stereocenters. The largest absolute Gasteiger partial charge is 0.368 e. The van der Waals surface area contributed by atoms with Crippen LogP contribution >= 0.6 is 0 Å². The summed E-state index contributed by atoms with van der Waals surface area (Å²) in [6.07, 6.45) is 0. The van der Waals surface area contributed by atoms with Gasteiger partial charge in [-0.2, -0.15) is 0 Å². The van der Waals surface area contributed by atoms with Crippen LogP contribution in [0.5, 0.6) is 0 Å². The highest BCUT2D eigenvalue weighted by atomic mass is 16.5. The van der Waals surface area contributed by atoms with E-state index in [9.17, 15) is 4.79 Å². The number of aromatic nitrogens is 3. The van der Waals surface area contributed by atoms with Crippen LogP contribution in [0.4, 0.5) is 0 Å². The lowest BCUT2D eigenvalue weighted by Crippen LogP contribution is -2.08. The minimum Gasteiger partial charge on any atom is -0.326 e. The van der Waals surface area contributed by atoms with Crippen LogP contribution in [0.1, 0.15) is 12.7 Å². The molecule has 0 unspecified atom stereocenters. The zero-order valence-electron chi connectivity index (χ0n) is 10.8. The second-order valence-electron chi connectivity index (χ2n) is 4.29. The van der Waals surface area contributed by atoms with Gasteiger partial charge in [0.05, 0.1) is 5.56 Å². The molecule has 1 aromatic carbocycles. The quantitative estimate of drug-likeness (QED) is 0.705. The first-order valence-electron chi connectivity index (χ1n) is 6.14. The van der Waals surface area contributed by atoms with Crippen LogP contribution < -0.4 is 5.63 Å². The normalized spacial score (nSPS) is 11.1. The number of hydrogen-bond donors (Lipinski definition) is 0. The van der Waals surface area contributed by atoms with Gasteiger partial charge in [0.2, 0.25) is 5.65 Å². The molecule has 96 valence electrons. The molecule has 0 bridgehead atoms. The van der Waals surface area contributed by atoms with Crippen LogP contribution in [0.2, 0.25) is 0 Å². The minimum absolute atomic E-state index is 0.437. The third-order valence-electron chi connectivity index (χ3n) is 3.17. The third-order valence-corrected chi connectivity index (χ3v) is 3.17. The monoisotopic (exact) mass is 255 g/mol. The Morgan fingerprint density at radius 3 is 2.68 bits per heavy atom. The molecule has 0 N–H and O–H groups in total. The van der Waals surface area contributed by atoms with Gasteiger partial charge in [-0.3, -0.25) is 0 Å². The number of fused-ring (bicyclic) bond motifs is 1. The van der Waals surface area contributed by atoms with Gasteiger partial charge in [-0.15, -0.1) is 0 Å². The molecule has 3 rings (SSSR count). The molecule has 0 fully saturated rings. The summed E-state index contributed by atoms with van der Waals surface area (Å²) >= 11 is 0. The first-order valence-corrected chi connectivity index (χ1v) is 6.14. The van der Waals surface area contributed by atoms with Crippen LogP contribution in [0.15, 0.2) is 39.6 Å². The molecule has 2 aromatic heterocycles. The van der Waals surface area contributed by atoms with Crippen molar-refractivity contribution in [1.29, 1.82) is 0 Å². The Labute approximate surface area is 109 Å². The number of nitrogens with zero attached hydrogens (tertiary/aromatic N) is 3.